The smallest absolute Gasteiger partial charge is 0.237 e. The molecule has 1 aliphatic rings. The zero-order valence-corrected chi connectivity index (χ0v) is 10.8. The van der Waals surface area contributed by atoms with Gasteiger partial charge in [-0.1, -0.05) is 5.92 Å². The summed E-state index contributed by atoms with van der Waals surface area (Å²) < 4.78 is 0. The number of rotatable bonds is 6. The molecule has 1 rings (SSSR count). The Labute approximate surface area is 104 Å². The summed E-state index contributed by atoms with van der Waals surface area (Å²) in [6.45, 7) is 7.56. The first-order valence-corrected chi connectivity index (χ1v) is 6.33. The first-order chi connectivity index (χ1) is 8.15. The van der Waals surface area contributed by atoms with Crippen molar-refractivity contribution < 1.29 is 4.79 Å². The van der Waals surface area contributed by atoms with Crippen molar-refractivity contribution in [1.29, 1.82) is 0 Å². The average molecular weight is 237 g/mol. The lowest BCUT2D eigenvalue weighted by Gasteiger charge is -2.25. The molecule has 4 nitrogen and oxygen atoms in total. The van der Waals surface area contributed by atoms with Gasteiger partial charge in [-0.05, 0) is 39.8 Å². The van der Waals surface area contributed by atoms with Gasteiger partial charge in [0, 0.05) is 12.6 Å². The van der Waals surface area contributed by atoms with Crippen LogP contribution in [0.3, 0.4) is 0 Å². The van der Waals surface area contributed by atoms with Crippen LogP contribution in [-0.2, 0) is 4.79 Å². The summed E-state index contributed by atoms with van der Waals surface area (Å²) in [5.41, 5.74) is 0. The summed E-state index contributed by atoms with van der Waals surface area (Å²) in [6.07, 6.45) is 7.68. The summed E-state index contributed by atoms with van der Waals surface area (Å²) in [7, 11) is 0. The molecule has 1 saturated heterocycles. The predicted molar refractivity (Wildman–Crippen MR) is 69.6 cm³/mol. The summed E-state index contributed by atoms with van der Waals surface area (Å²) in [4.78, 5) is 14.0. The van der Waals surface area contributed by atoms with E-state index >= 15 is 0 Å². The van der Waals surface area contributed by atoms with Crippen LogP contribution in [0.5, 0.6) is 0 Å². The molecular formula is C13H23N3O. The highest BCUT2D eigenvalue weighted by Gasteiger charge is 2.19. The second-order valence-corrected chi connectivity index (χ2v) is 4.64. The summed E-state index contributed by atoms with van der Waals surface area (Å²) >= 11 is 0. The maximum absolute atomic E-state index is 11.6. The third-order valence-corrected chi connectivity index (χ3v) is 3.24. The average Bonchev–Trinajstić information content (AvgIpc) is 2.86. The number of likely N-dealkylation sites (tertiary alicyclic amines) is 1. The van der Waals surface area contributed by atoms with E-state index in [0.29, 0.717) is 12.6 Å². The molecule has 1 heterocycles. The van der Waals surface area contributed by atoms with Gasteiger partial charge in [0.05, 0.1) is 12.6 Å². The molecule has 4 heteroatoms. The Bertz CT molecular complexity index is 279. The van der Waals surface area contributed by atoms with E-state index in [2.05, 4.69) is 28.4 Å². The van der Waals surface area contributed by atoms with Crippen LogP contribution in [0.25, 0.3) is 0 Å². The van der Waals surface area contributed by atoms with E-state index in [9.17, 15) is 4.79 Å². The van der Waals surface area contributed by atoms with Gasteiger partial charge >= 0.3 is 0 Å². The molecule has 17 heavy (non-hydrogen) atoms. The molecule has 1 aliphatic heterocycles. The Kier molecular flexibility index (Phi) is 6.03. The highest BCUT2D eigenvalue weighted by atomic mass is 16.2. The fourth-order valence-electron chi connectivity index (χ4n) is 2.04. The highest BCUT2D eigenvalue weighted by molar-refractivity contribution is 5.81. The lowest BCUT2D eigenvalue weighted by Crippen LogP contribution is -2.47. The molecule has 0 aromatic rings. The molecule has 0 aromatic heterocycles. The van der Waals surface area contributed by atoms with E-state index in [4.69, 9.17) is 6.42 Å². The maximum Gasteiger partial charge on any atom is 0.237 e. The van der Waals surface area contributed by atoms with E-state index in [-0.39, 0.29) is 11.9 Å². The standard InChI is InChI=1S/C13H23N3O/c1-4-7-14-13(17)12(3)15-10-11(2)16-8-5-6-9-16/h1,11-12,15H,5-10H2,2-3H3,(H,14,17). The summed E-state index contributed by atoms with van der Waals surface area (Å²) in [5, 5.41) is 5.92. The van der Waals surface area contributed by atoms with Crippen LogP contribution in [0.15, 0.2) is 0 Å². The zero-order chi connectivity index (χ0) is 12.7. The van der Waals surface area contributed by atoms with Crippen molar-refractivity contribution in [2.75, 3.05) is 26.2 Å². The van der Waals surface area contributed by atoms with Gasteiger partial charge in [0.25, 0.3) is 0 Å². The van der Waals surface area contributed by atoms with Crippen LogP contribution in [0.4, 0.5) is 0 Å². The van der Waals surface area contributed by atoms with Crippen molar-refractivity contribution in [3.8, 4) is 12.3 Å². The molecule has 2 atom stereocenters. The molecule has 0 aromatic carbocycles. The zero-order valence-electron chi connectivity index (χ0n) is 10.8. The van der Waals surface area contributed by atoms with Crippen molar-refractivity contribution >= 4 is 5.91 Å². The third kappa shape index (κ3) is 4.76. The number of hydrogen-bond donors (Lipinski definition) is 2. The molecule has 0 aliphatic carbocycles. The third-order valence-electron chi connectivity index (χ3n) is 3.24. The molecule has 0 bridgehead atoms. The van der Waals surface area contributed by atoms with Crippen molar-refractivity contribution in [3.05, 3.63) is 0 Å². The van der Waals surface area contributed by atoms with Gasteiger partial charge in [0.2, 0.25) is 5.91 Å². The van der Waals surface area contributed by atoms with Crippen LogP contribution in [0.2, 0.25) is 0 Å². The van der Waals surface area contributed by atoms with E-state index in [1.54, 1.807) is 0 Å². The van der Waals surface area contributed by atoms with Gasteiger partial charge < -0.3 is 10.6 Å². The van der Waals surface area contributed by atoms with Crippen molar-refractivity contribution in [2.45, 2.75) is 38.8 Å². The highest BCUT2D eigenvalue weighted by Crippen LogP contribution is 2.10. The lowest BCUT2D eigenvalue weighted by atomic mass is 10.2. The number of carbonyl (C=O) groups excluding carboxylic acids is 1. The SMILES string of the molecule is C#CCNC(=O)C(C)NCC(C)N1CCCC1. The fourth-order valence-corrected chi connectivity index (χ4v) is 2.04. The molecule has 96 valence electrons. The van der Waals surface area contributed by atoms with Crippen molar-refractivity contribution in [2.24, 2.45) is 0 Å². The Hall–Kier alpha value is -1.05. The fraction of sp³-hybridized carbons (Fsp3) is 0.769. The molecule has 0 saturated carbocycles. The number of nitrogens with zero attached hydrogens (tertiary/aromatic N) is 1. The second kappa shape index (κ2) is 7.31. The van der Waals surface area contributed by atoms with Crippen LogP contribution in [0, 0.1) is 12.3 Å². The first kappa shape index (κ1) is 14.0. The number of nitrogens with one attached hydrogen (secondary N) is 2. The molecule has 2 unspecified atom stereocenters. The van der Waals surface area contributed by atoms with Crippen molar-refractivity contribution in [3.63, 3.8) is 0 Å². The molecule has 2 N–H and O–H groups in total. The van der Waals surface area contributed by atoms with Gasteiger partial charge in [0.1, 0.15) is 0 Å². The van der Waals surface area contributed by atoms with Crippen LogP contribution < -0.4 is 10.6 Å². The molecular weight excluding hydrogens is 214 g/mol. The van der Waals surface area contributed by atoms with Crippen LogP contribution in [0.1, 0.15) is 26.7 Å². The monoisotopic (exact) mass is 237 g/mol. The van der Waals surface area contributed by atoms with E-state index in [0.717, 1.165) is 6.54 Å². The quantitative estimate of drug-likeness (QED) is 0.649. The minimum atomic E-state index is -0.187. The number of terminal acetylenes is 1. The van der Waals surface area contributed by atoms with Crippen LogP contribution >= 0.6 is 0 Å². The second-order valence-electron chi connectivity index (χ2n) is 4.64. The maximum atomic E-state index is 11.6. The van der Waals surface area contributed by atoms with E-state index < -0.39 is 0 Å². The predicted octanol–water partition coefficient (Wildman–Crippen LogP) is 0.198. The minimum Gasteiger partial charge on any atom is -0.344 e. The van der Waals surface area contributed by atoms with Gasteiger partial charge in [-0.3, -0.25) is 9.69 Å². The van der Waals surface area contributed by atoms with E-state index in [1.807, 2.05) is 6.92 Å². The molecule has 1 amide bonds. The lowest BCUT2D eigenvalue weighted by molar-refractivity contribution is -0.122. The molecule has 0 spiro atoms. The normalized spacial score (nSPS) is 19.6. The largest absolute Gasteiger partial charge is 0.344 e. The van der Waals surface area contributed by atoms with Gasteiger partial charge in [-0.15, -0.1) is 6.42 Å². The Morgan fingerprint density at radius 2 is 2.06 bits per heavy atom. The first-order valence-electron chi connectivity index (χ1n) is 6.33. The molecule has 0 radical (unpaired) electrons. The number of carbonyl (C=O) groups is 1. The summed E-state index contributed by atoms with van der Waals surface area (Å²) in [5.74, 6) is 2.36. The Balaban J connectivity index is 2.20. The van der Waals surface area contributed by atoms with E-state index in [1.165, 1.54) is 25.9 Å². The van der Waals surface area contributed by atoms with Crippen molar-refractivity contribution in [1.82, 2.24) is 15.5 Å². The molecule has 1 fully saturated rings. The Morgan fingerprint density at radius 3 is 2.65 bits per heavy atom. The topological polar surface area (TPSA) is 44.4 Å². The minimum absolute atomic E-state index is 0.0310. The van der Waals surface area contributed by atoms with Gasteiger partial charge in [0.15, 0.2) is 0 Å². The Morgan fingerprint density at radius 1 is 1.41 bits per heavy atom. The number of hydrogen-bond acceptors (Lipinski definition) is 3. The van der Waals surface area contributed by atoms with Gasteiger partial charge in [-0.25, -0.2) is 0 Å². The number of amides is 1. The van der Waals surface area contributed by atoms with Gasteiger partial charge in [-0.2, -0.15) is 0 Å². The summed E-state index contributed by atoms with van der Waals surface area (Å²) in [6, 6.07) is 0.300. The van der Waals surface area contributed by atoms with Crippen LogP contribution in [-0.4, -0.2) is 49.1 Å².